The first kappa shape index (κ1) is 14.1. The van der Waals surface area contributed by atoms with Gasteiger partial charge in [0.2, 0.25) is 0 Å². The molecule has 0 atom stereocenters. The third-order valence-electron chi connectivity index (χ3n) is 4.01. The largest absolute Gasteiger partial charge is 0.346 e. The van der Waals surface area contributed by atoms with Gasteiger partial charge in [-0.05, 0) is 31.5 Å². The van der Waals surface area contributed by atoms with Crippen molar-refractivity contribution >= 4 is 10.9 Å². The summed E-state index contributed by atoms with van der Waals surface area (Å²) in [6.45, 7) is 6.59. The SMILES string of the molecule is CCCCCCNCc1c(C)c2ccccc2n1C. The Kier molecular flexibility index (Phi) is 5.03. The fourth-order valence-electron chi connectivity index (χ4n) is 2.77. The van der Waals surface area contributed by atoms with Gasteiger partial charge < -0.3 is 9.88 Å². The zero-order chi connectivity index (χ0) is 13.7. The molecule has 1 heterocycles. The third-order valence-corrected chi connectivity index (χ3v) is 4.01. The molecule has 0 saturated carbocycles. The number of rotatable bonds is 7. The molecule has 1 aromatic heterocycles. The molecule has 0 spiro atoms. The number of unbranched alkanes of at least 4 members (excludes halogenated alkanes) is 3. The Morgan fingerprint density at radius 2 is 1.89 bits per heavy atom. The van der Waals surface area contributed by atoms with Crippen LogP contribution in [-0.4, -0.2) is 11.1 Å². The molecule has 0 fully saturated rings. The van der Waals surface area contributed by atoms with Crippen LogP contribution in [0.25, 0.3) is 10.9 Å². The summed E-state index contributed by atoms with van der Waals surface area (Å²) >= 11 is 0. The summed E-state index contributed by atoms with van der Waals surface area (Å²) in [5.74, 6) is 0. The van der Waals surface area contributed by atoms with E-state index in [4.69, 9.17) is 0 Å². The fraction of sp³-hybridized carbons (Fsp3) is 0.529. The second-order valence-electron chi connectivity index (χ2n) is 5.39. The number of hydrogen-bond acceptors (Lipinski definition) is 1. The van der Waals surface area contributed by atoms with Gasteiger partial charge in [-0.1, -0.05) is 44.4 Å². The number of fused-ring (bicyclic) bond motifs is 1. The number of nitrogens with zero attached hydrogens (tertiary/aromatic N) is 1. The first-order valence-corrected chi connectivity index (χ1v) is 7.49. The van der Waals surface area contributed by atoms with Gasteiger partial charge in [0.25, 0.3) is 0 Å². The van der Waals surface area contributed by atoms with Crippen molar-refractivity contribution in [2.75, 3.05) is 6.54 Å². The molecule has 0 bridgehead atoms. The number of hydrogen-bond donors (Lipinski definition) is 1. The van der Waals surface area contributed by atoms with Crippen molar-refractivity contribution in [3.05, 3.63) is 35.5 Å². The van der Waals surface area contributed by atoms with Crippen molar-refractivity contribution in [2.24, 2.45) is 7.05 Å². The van der Waals surface area contributed by atoms with Gasteiger partial charge in [-0.25, -0.2) is 0 Å². The third kappa shape index (κ3) is 3.19. The summed E-state index contributed by atoms with van der Waals surface area (Å²) in [7, 11) is 2.17. The fourth-order valence-corrected chi connectivity index (χ4v) is 2.77. The van der Waals surface area contributed by atoms with Crippen LogP contribution < -0.4 is 5.32 Å². The number of nitrogens with one attached hydrogen (secondary N) is 1. The standard InChI is InChI=1S/C17H26N2/c1-4-5-6-9-12-18-13-17-14(2)15-10-7-8-11-16(15)19(17)3/h7-8,10-11,18H,4-6,9,12-13H2,1-3H3. The lowest BCUT2D eigenvalue weighted by atomic mass is 10.1. The molecule has 104 valence electrons. The van der Waals surface area contributed by atoms with E-state index in [1.807, 2.05) is 0 Å². The van der Waals surface area contributed by atoms with Gasteiger partial charge in [0.15, 0.2) is 0 Å². The minimum atomic E-state index is 0.975. The van der Waals surface area contributed by atoms with Gasteiger partial charge in [0, 0.05) is 30.2 Å². The molecule has 0 aliphatic heterocycles. The summed E-state index contributed by atoms with van der Waals surface area (Å²) < 4.78 is 2.32. The van der Waals surface area contributed by atoms with Crippen LogP contribution in [0.15, 0.2) is 24.3 Å². The molecule has 2 aromatic rings. The highest BCUT2D eigenvalue weighted by Gasteiger charge is 2.10. The number of benzene rings is 1. The molecule has 0 radical (unpaired) electrons. The van der Waals surface area contributed by atoms with Crippen molar-refractivity contribution in [3.63, 3.8) is 0 Å². The minimum Gasteiger partial charge on any atom is -0.346 e. The van der Waals surface area contributed by atoms with Crippen molar-refractivity contribution in [1.29, 1.82) is 0 Å². The van der Waals surface area contributed by atoms with Crippen LogP contribution in [0.4, 0.5) is 0 Å². The minimum absolute atomic E-state index is 0.975. The molecule has 2 rings (SSSR count). The van der Waals surface area contributed by atoms with Gasteiger partial charge in [-0.2, -0.15) is 0 Å². The molecule has 2 heteroatoms. The molecule has 2 nitrogen and oxygen atoms in total. The van der Waals surface area contributed by atoms with Crippen LogP contribution >= 0.6 is 0 Å². The summed E-state index contributed by atoms with van der Waals surface area (Å²) in [5.41, 5.74) is 4.17. The quantitative estimate of drug-likeness (QED) is 0.738. The van der Waals surface area contributed by atoms with E-state index in [9.17, 15) is 0 Å². The normalized spacial score (nSPS) is 11.3. The zero-order valence-corrected chi connectivity index (χ0v) is 12.5. The maximum atomic E-state index is 3.58. The maximum absolute atomic E-state index is 3.58. The highest BCUT2D eigenvalue weighted by molar-refractivity contribution is 5.85. The van der Waals surface area contributed by atoms with E-state index in [0.717, 1.165) is 13.1 Å². The van der Waals surface area contributed by atoms with E-state index in [1.54, 1.807) is 0 Å². The lowest BCUT2D eigenvalue weighted by molar-refractivity contribution is 0.586. The van der Waals surface area contributed by atoms with Gasteiger partial charge in [-0.15, -0.1) is 0 Å². The topological polar surface area (TPSA) is 17.0 Å². The second kappa shape index (κ2) is 6.76. The Balaban J connectivity index is 1.97. The Labute approximate surface area is 116 Å². The molecule has 0 amide bonds. The summed E-state index contributed by atoms with van der Waals surface area (Å²) in [5, 5.41) is 4.96. The van der Waals surface area contributed by atoms with E-state index in [0.29, 0.717) is 0 Å². The first-order valence-electron chi connectivity index (χ1n) is 7.49. The van der Waals surface area contributed by atoms with E-state index in [2.05, 4.69) is 55.0 Å². The van der Waals surface area contributed by atoms with Crippen molar-refractivity contribution in [3.8, 4) is 0 Å². The molecular weight excluding hydrogens is 232 g/mol. The molecule has 0 saturated heterocycles. The van der Waals surface area contributed by atoms with Crippen molar-refractivity contribution in [2.45, 2.75) is 46.1 Å². The predicted molar refractivity (Wildman–Crippen MR) is 83.5 cm³/mol. The number of aromatic nitrogens is 1. The lowest BCUT2D eigenvalue weighted by Gasteiger charge is -2.08. The molecule has 19 heavy (non-hydrogen) atoms. The molecule has 0 aliphatic rings. The summed E-state index contributed by atoms with van der Waals surface area (Å²) in [6, 6.07) is 8.66. The monoisotopic (exact) mass is 258 g/mol. The molecular formula is C17H26N2. The van der Waals surface area contributed by atoms with Gasteiger partial charge in [0.05, 0.1) is 0 Å². The van der Waals surface area contributed by atoms with E-state index >= 15 is 0 Å². The molecule has 1 aromatic carbocycles. The second-order valence-corrected chi connectivity index (χ2v) is 5.39. The average Bonchev–Trinajstić information content (AvgIpc) is 2.68. The van der Waals surface area contributed by atoms with Crippen LogP contribution in [0.3, 0.4) is 0 Å². The Morgan fingerprint density at radius 3 is 2.63 bits per heavy atom. The van der Waals surface area contributed by atoms with Crippen molar-refractivity contribution < 1.29 is 0 Å². The van der Waals surface area contributed by atoms with Crippen LogP contribution in [0.2, 0.25) is 0 Å². The Morgan fingerprint density at radius 1 is 1.11 bits per heavy atom. The summed E-state index contributed by atoms with van der Waals surface area (Å²) in [6.07, 6.45) is 5.30. The Hall–Kier alpha value is -1.28. The molecule has 0 unspecified atom stereocenters. The highest BCUT2D eigenvalue weighted by atomic mass is 15.0. The van der Waals surface area contributed by atoms with Crippen molar-refractivity contribution in [1.82, 2.24) is 9.88 Å². The Bertz CT molecular complexity index is 486. The molecule has 0 aliphatic carbocycles. The lowest BCUT2D eigenvalue weighted by Crippen LogP contribution is -2.17. The van der Waals surface area contributed by atoms with Gasteiger partial charge in [0.1, 0.15) is 0 Å². The average molecular weight is 258 g/mol. The number of para-hydroxylation sites is 1. The van der Waals surface area contributed by atoms with E-state index < -0.39 is 0 Å². The first-order chi connectivity index (χ1) is 9.25. The zero-order valence-electron chi connectivity index (χ0n) is 12.5. The van der Waals surface area contributed by atoms with E-state index in [1.165, 1.54) is 47.8 Å². The molecule has 1 N–H and O–H groups in total. The van der Waals surface area contributed by atoms with Crippen LogP contribution in [-0.2, 0) is 13.6 Å². The van der Waals surface area contributed by atoms with Gasteiger partial charge in [-0.3, -0.25) is 0 Å². The smallest absolute Gasteiger partial charge is 0.0483 e. The predicted octanol–water partition coefficient (Wildman–Crippen LogP) is 4.16. The number of aryl methyl sites for hydroxylation is 2. The van der Waals surface area contributed by atoms with E-state index in [-0.39, 0.29) is 0 Å². The van der Waals surface area contributed by atoms with Crippen LogP contribution in [0, 0.1) is 6.92 Å². The van der Waals surface area contributed by atoms with Gasteiger partial charge >= 0.3 is 0 Å². The maximum Gasteiger partial charge on any atom is 0.0483 e. The van der Waals surface area contributed by atoms with Crippen LogP contribution in [0.1, 0.15) is 43.9 Å². The van der Waals surface area contributed by atoms with Crippen LogP contribution in [0.5, 0.6) is 0 Å². The highest BCUT2D eigenvalue weighted by Crippen LogP contribution is 2.24. The summed E-state index contributed by atoms with van der Waals surface area (Å²) in [4.78, 5) is 0.